The third-order valence-corrected chi connectivity index (χ3v) is 7.59. The van der Waals surface area contributed by atoms with Crippen LogP contribution in [0.25, 0.3) is 16.8 Å². The van der Waals surface area contributed by atoms with Gasteiger partial charge in [0.15, 0.2) is 5.69 Å². The van der Waals surface area contributed by atoms with E-state index in [0.717, 1.165) is 47.9 Å². The topological polar surface area (TPSA) is 35.8 Å². The summed E-state index contributed by atoms with van der Waals surface area (Å²) in [5.41, 5.74) is 8.68. The summed E-state index contributed by atoms with van der Waals surface area (Å²) in [4.78, 5) is 0. The molecular formula is C27H36N3O2+. The van der Waals surface area contributed by atoms with Gasteiger partial charge in [-0.05, 0) is 68.5 Å². The number of rotatable bonds is 7. The van der Waals surface area contributed by atoms with Gasteiger partial charge in [-0.25, -0.2) is 4.52 Å². The molecule has 0 spiro atoms. The maximum Gasteiger partial charge on any atom is 0.182 e. The Balaban J connectivity index is 1.72. The number of ether oxygens (including phenoxy) is 2. The molecule has 3 heterocycles. The second kappa shape index (κ2) is 8.20. The van der Waals surface area contributed by atoms with E-state index in [2.05, 4.69) is 62.7 Å². The summed E-state index contributed by atoms with van der Waals surface area (Å²) < 4.78 is 14.5. The van der Waals surface area contributed by atoms with E-state index in [9.17, 15) is 0 Å². The van der Waals surface area contributed by atoms with Gasteiger partial charge in [-0.2, -0.15) is 5.10 Å². The van der Waals surface area contributed by atoms with Crippen molar-refractivity contribution in [3.63, 3.8) is 0 Å². The molecule has 0 N–H and O–H groups in total. The fourth-order valence-corrected chi connectivity index (χ4v) is 5.77. The van der Waals surface area contributed by atoms with Crippen LogP contribution in [0.5, 0.6) is 5.75 Å². The molecule has 2 atom stereocenters. The van der Waals surface area contributed by atoms with Gasteiger partial charge in [0.25, 0.3) is 0 Å². The number of methoxy groups -OCH3 is 1. The highest BCUT2D eigenvalue weighted by Gasteiger charge is 2.45. The average molecular weight is 435 g/mol. The minimum atomic E-state index is 0.502. The fraction of sp³-hybridized carbons (Fsp3) is 0.519. The van der Waals surface area contributed by atoms with E-state index in [1.807, 2.05) is 0 Å². The average Bonchev–Trinajstić information content (AvgIpc) is 3.27. The van der Waals surface area contributed by atoms with E-state index in [1.165, 1.54) is 53.0 Å². The van der Waals surface area contributed by atoms with Crippen molar-refractivity contribution in [2.45, 2.75) is 52.5 Å². The number of quaternary nitrogens is 1. The van der Waals surface area contributed by atoms with Crippen LogP contribution in [0.3, 0.4) is 0 Å². The minimum absolute atomic E-state index is 0.502. The van der Waals surface area contributed by atoms with E-state index in [4.69, 9.17) is 14.6 Å². The van der Waals surface area contributed by atoms with Gasteiger partial charge < -0.3 is 9.47 Å². The van der Waals surface area contributed by atoms with Crippen LogP contribution in [0.4, 0.5) is 5.69 Å². The molecule has 32 heavy (non-hydrogen) atoms. The monoisotopic (exact) mass is 434 g/mol. The van der Waals surface area contributed by atoms with Crippen LogP contribution in [-0.2, 0) is 11.2 Å². The van der Waals surface area contributed by atoms with E-state index in [-0.39, 0.29) is 0 Å². The van der Waals surface area contributed by atoms with Crippen molar-refractivity contribution in [2.75, 3.05) is 33.9 Å². The summed E-state index contributed by atoms with van der Waals surface area (Å²) in [6.07, 6.45) is 4.78. The largest absolute Gasteiger partial charge is 0.497 e. The highest BCUT2D eigenvalue weighted by atomic mass is 16.5. The maximum atomic E-state index is 5.88. The first-order chi connectivity index (χ1) is 15.5. The molecule has 1 saturated carbocycles. The van der Waals surface area contributed by atoms with Gasteiger partial charge in [-0.1, -0.05) is 13.0 Å². The number of pyridine rings is 1. The number of hydrogen-bond donors (Lipinski definition) is 0. The van der Waals surface area contributed by atoms with Gasteiger partial charge in [0.2, 0.25) is 0 Å². The van der Waals surface area contributed by atoms with Gasteiger partial charge in [-0.15, -0.1) is 0 Å². The van der Waals surface area contributed by atoms with Gasteiger partial charge in [0, 0.05) is 17.9 Å². The van der Waals surface area contributed by atoms with E-state index in [1.54, 1.807) is 7.11 Å². The molecule has 170 valence electrons. The number of aryl methyl sites for hydroxylation is 3. The summed E-state index contributed by atoms with van der Waals surface area (Å²) in [6, 6.07) is 11.4. The van der Waals surface area contributed by atoms with Gasteiger partial charge >= 0.3 is 0 Å². The molecule has 1 aliphatic heterocycles. The summed E-state index contributed by atoms with van der Waals surface area (Å²) in [7, 11) is 4.16. The second-order valence-electron chi connectivity index (χ2n) is 9.90. The predicted octanol–water partition coefficient (Wildman–Crippen LogP) is 5.33. The van der Waals surface area contributed by atoms with Gasteiger partial charge in [-0.3, -0.25) is 4.48 Å². The number of aromatic nitrogens is 2. The quantitative estimate of drug-likeness (QED) is 0.472. The second-order valence-corrected chi connectivity index (χ2v) is 9.90. The van der Waals surface area contributed by atoms with Crippen LogP contribution in [-0.4, -0.2) is 49.6 Å². The Morgan fingerprint density at radius 2 is 1.91 bits per heavy atom. The lowest BCUT2D eigenvalue weighted by Gasteiger charge is -2.39. The third-order valence-electron chi connectivity index (χ3n) is 7.59. The molecule has 1 aromatic carbocycles. The predicted molar refractivity (Wildman–Crippen MR) is 131 cm³/mol. The molecule has 5 heteroatoms. The van der Waals surface area contributed by atoms with Crippen LogP contribution in [0, 0.1) is 19.8 Å². The van der Waals surface area contributed by atoms with E-state index in [0.29, 0.717) is 6.04 Å². The van der Waals surface area contributed by atoms with Crippen molar-refractivity contribution in [3.05, 3.63) is 47.2 Å². The summed E-state index contributed by atoms with van der Waals surface area (Å²) in [6.45, 7) is 9.48. The number of hydrogen-bond acceptors (Lipinski definition) is 3. The summed E-state index contributed by atoms with van der Waals surface area (Å²) >= 11 is 0. The first-order valence-corrected chi connectivity index (χ1v) is 12.1. The summed E-state index contributed by atoms with van der Waals surface area (Å²) in [5, 5.41) is 5.23. The van der Waals surface area contributed by atoms with Gasteiger partial charge in [0.05, 0.1) is 39.6 Å². The standard InChI is InChI=1S/C27H36N3O2/c1-6-23-27(30(4,16-20-10-11-20)21-12-13-32-17-21)25-9-7-8-24(29(25)28-23)26-18(2)14-22(31-5)15-19(26)3/h7-9,14-15,20-21H,6,10-13,16-17H2,1-5H3/q+1. The van der Waals surface area contributed by atoms with E-state index >= 15 is 0 Å². The van der Waals surface area contributed by atoms with Crippen LogP contribution >= 0.6 is 0 Å². The lowest BCUT2D eigenvalue weighted by molar-refractivity contribution is 0.158. The molecule has 0 radical (unpaired) electrons. The maximum absolute atomic E-state index is 5.88. The molecule has 1 aliphatic carbocycles. The van der Waals surface area contributed by atoms with Crippen molar-refractivity contribution < 1.29 is 9.47 Å². The van der Waals surface area contributed by atoms with Crippen LogP contribution in [0.15, 0.2) is 30.3 Å². The Labute approximate surface area is 191 Å². The summed E-state index contributed by atoms with van der Waals surface area (Å²) in [5.74, 6) is 1.73. The first-order valence-electron chi connectivity index (χ1n) is 12.1. The minimum Gasteiger partial charge on any atom is -0.497 e. The molecule has 0 bridgehead atoms. The zero-order valence-corrected chi connectivity index (χ0v) is 20.1. The Hall–Kier alpha value is -2.37. The zero-order valence-electron chi connectivity index (χ0n) is 20.1. The zero-order chi connectivity index (χ0) is 22.5. The molecule has 5 nitrogen and oxygen atoms in total. The number of benzene rings is 1. The first kappa shape index (κ1) is 21.5. The van der Waals surface area contributed by atoms with Crippen molar-refractivity contribution >= 4 is 11.2 Å². The number of likely N-dealkylation sites (N-methyl/N-ethyl adjacent to an activating group) is 1. The van der Waals surface area contributed by atoms with Crippen LogP contribution < -0.4 is 9.22 Å². The Morgan fingerprint density at radius 3 is 2.50 bits per heavy atom. The van der Waals surface area contributed by atoms with Crippen LogP contribution in [0.1, 0.15) is 43.0 Å². The Kier molecular flexibility index (Phi) is 5.50. The molecule has 2 aliphatic rings. The number of fused-ring (bicyclic) bond motifs is 1. The van der Waals surface area contributed by atoms with Crippen molar-refractivity contribution in [3.8, 4) is 17.0 Å². The Bertz CT molecular complexity index is 1120. The lowest BCUT2D eigenvalue weighted by Crippen LogP contribution is -2.55. The molecule has 0 amide bonds. The molecule has 3 aromatic rings. The molecule has 2 fully saturated rings. The van der Waals surface area contributed by atoms with Crippen molar-refractivity contribution in [1.29, 1.82) is 0 Å². The Morgan fingerprint density at radius 1 is 1.16 bits per heavy atom. The highest BCUT2D eigenvalue weighted by molar-refractivity contribution is 5.79. The smallest absolute Gasteiger partial charge is 0.182 e. The number of nitrogens with zero attached hydrogens (tertiary/aromatic N) is 3. The van der Waals surface area contributed by atoms with Crippen molar-refractivity contribution in [2.24, 2.45) is 5.92 Å². The van der Waals surface area contributed by atoms with Gasteiger partial charge in [0.1, 0.15) is 23.0 Å². The molecule has 2 unspecified atom stereocenters. The SMILES string of the molecule is CCc1nn2c(-c3c(C)cc(OC)cc3C)cccc2c1[N+](C)(CC1CC1)C1CCOC1. The highest BCUT2D eigenvalue weighted by Crippen LogP contribution is 2.42. The lowest BCUT2D eigenvalue weighted by atomic mass is 9.98. The van der Waals surface area contributed by atoms with E-state index < -0.39 is 0 Å². The van der Waals surface area contributed by atoms with Crippen molar-refractivity contribution in [1.82, 2.24) is 14.1 Å². The molecular weight excluding hydrogens is 398 g/mol. The van der Waals surface area contributed by atoms with Crippen LogP contribution in [0.2, 0.25) is 0 Å². The molecule has 2 aromatic heterocycles. The molecule has 5 rings (SSSR count). The normalized spacial score (nSPS) is 20.6. The fourth-order valence-electron chi connectivity index (χ4n) is 5.77. The molecule has 1 saturated heterocycles. The third kappa shape index (κ3) is 3.52.